The molecule has 1 saturated heterocycles. The minimum atomic E-state index is 0.294. The van der Waals surface area contributed by atoms with Gasteiger partial charge in [-0.2, -0.15) is 0 Å². The predicted molar refractivity (Wildman–Crippen MR) is 72.5 cm³/mol. The summed E-state index contributed by atoms with van der Waals surface area (Å²) in [5.74, 6) is 0.794. The van der Waals surface area contributed by atoms with Gasteiger partial charge >= 0.3 is 0 Å². The molecule has 104 valence electrons. The normalized spacial score (nSPS) is 30.6. The van der Waals surface area contributed by atoms with Crippen LogP contribution >= 0.6 is 0 Å². The van der Waals surface area contributed by atoms with Crippen molar-refractivity contribution in [2.45, 2.75) is 63.8 Å². The van der Waals surface area contributed by atoms with Gasteiger partial charge in [0.1, 0.15) is 5.78 Å². The summed E-state index contributed by atoms with van der Waals surface area (Å²) in [6.07, 6.45) is 9.97. The van der Waals surface area contributed by atoms with Crippen molar-refractivity contribution < 1.29 is 9.90 Å². The van der Waals surface area contributed by atoms with Gasteiger partial charge in [-0.15, -0.1) is 0 Å². The summed E-state index contributed by atoms with van der Waals surface area (Å²) < 4.78 is 0. The van der Waals surface area contributed by atoms with Gasteiger partial charge in [-0.25, -0.2) is 0 Å². The van der Waals surface area contributed by atoms with Gasteiger partial charge in [0.15, 0.2) is 0 Å². The first-order chi connectivity index (χ1) is 8.81. The standard InChI is InChI=1S/C15H27NO2/c17-11-5-8-14-7-4-10-16(14)12-13-6-2-1-3-9-15(13)18/h13-14,17H,1-12H2. The first kappa shape index (κ1) is 14.0. The van der Waals surface area contributed by atoms with Crippen LogP contribution in [0, 0.1) is 5.92 Å². The molecule has 3 nitrogen and oxygen atoms in total. The highest BCUT2D eigenvalue weighted by Gasteiger charge is 2.29. The third-order valence-electron chi connectivity index (χ3n) is 4.58. The molecule has 0 aromatic carbocycles. The highest BCUT2D eigenvalue weighted by Crippen LogP contribution is 2.26. The zero-order valence-corrected chi connectivity index (χ0v) is 11.4. The Morgan fingerprint density at radius 3 is 2.89 bits per heavy atom. The smallest absolute Gasteiger partial charge is 0.137 e. The van der Waals surface area contributed by atoms with E-state index in [1.807, 2.05) is 0 Å². The number of carbonyl (C=O) groups excluding carboxylic acids is 1. The number of aliphatic hydroxyl groups is 1. The molecule has 0 aromatic heterocycles. The lowest BCUT2D eigenvalue weighted by molar-refractivity contribution is -0.123. The van der Waals surface area contributed by atoms with Crippen molar-refractivity contribution in [3.05, 3.63) is 0 Å². The molecule has 0 aromatic rings. The monoisotopic (exact) mass is 253 g/mol. The molecule has 1 aliphatic heterocycles. The van der Waals surface area contributed by atoms with E-state index in [-0.39, 0.29) is 0 Å². The van der Waals surface area contributed by atoms with Crippen LogP contribution in [0.2, 0.25) is 0 Å². The summed E-state index contributed by atoms with van der Waals surface area (Å²) in [4.78, 5) is 14.6. The first-order valence-corrected chi connectivity index (χ1v) is 7.69. The summed E-state index contributed by atoms with van der Waals surface area (Å²) in [7, 11) is 0. The van der Waals surface area contributed by atoms with Crippen LogP contribution in [0.5, 0.6) is 0 Å². The minimum absolute atomic E-state index is 0.294. The van der Waals surface area contributed by atoms with Crippen LogP contribution in [0.15, 0.2) is 0 Å². The van der Waals surface area contributed by atoms with Crippen LogP contribution in [-0.4, -0.2) is 41.5 Å². The lowest BCUT2D eigenvalue weighted by Gasteiger charge is -2.27. The molecule has 0 amide bonds. The van der Waals surface area contributed by atoms with E-state index in [0.717, 1.165) is 45.2 Å². The van der Waals surface area contributed by atoms with E-state index in [0.29, 0.717) is 24.3 Å². The fourth-order valence-electron chi connectivity index (χ4n) is 3.50. The Bertz CT molecular complexity index is 267. The maximum absolute atomic E-state index is 12.1. The van der Waals surface area contributed by atoms with Crippen molar-refractivity contribution in [1.29, 1.82) is 0 Å². The average Bonchev–Trinajstić information content (AvgIpc) is 2.71. The fourth-order valence-corrected chi connectivity index (χ4v) is 3.50. The van der Waals surface area contributed by atoms with Gasteiger partial charge in [0.05, 0.1) is 0 Å². The summed E-state index contributed by atoms with van der Waals surface area (Å²) in [6, 6.07) is 0.619. The van der Waals surface area contributed by atoms with Gasteiger partial charge in [0.25, 0.3) is 0 Å². The average molecular weight is 253 g/mol. The summed E-state index contributed by atoms with van der Waals surface area (Å²) >= 11 is 0. The van der Waals surface area contributed by atoms with E-state index in [1.165, 1.54) is 25.7 Å². The molecular formula is C15H27NO2. The molecule has 18 heavy (non-hydrogen) atoms. The molecule has 1 saturated carbocycles. The highest BCUT2D eigenvalue weighted by atomic mass is 16.2. The van der Waals surface area contributed by atoms with E-state index in [9.17, 15) is 4.79 Å². The molecule has 2 fully saturated rings. The molecule has 3 heteroatoms. The maximum Gasteiger partial charge on any atom is 0.137 e. The molecule has 1 aliphatic carbocycles. The van der Waals surface area contributed by atoms with Crippen LogP contribution in [0.3, 0.4) is 0 Å². The molecule has 1 N–H and O–H groups in total. The van der Waals surface area contributed by atoms with Crippen LogP contribution in [0.25, 0.3) is 0 Å². The van der Waals surface area contributed by atoms with Crippen LogP contribution in [0.1, 0.15) is 57.8 Å². The van der Waals surface area contributed by atoms with Crippen molar-refractivity contribution in [3.63, 3.8) is 0 Å². The zero-order chi connectivity index (χ0) is 12.8. The van der Waals surface area contributed by atoms with E-state index >= 15 is 0 Å². The first-order valence-electron chi connectivity index (χ1n) is 7.69. The Labute approximate surface area is 111 Å². The van der Waals surface area contributed by atoms with Gasteiger partial charge in [0.2, 0.25) is 0 Å². The molecule has 2 atom stereocenters. The Morgan fingerprint density at radius 1 is 1.17 bits per heavy atom. The second-order valence-electron chi connectivity index (χ2n) is 5.92. The number of nitrogens with zero attached hydrogens (tertiary/aromatic N) is 1. The minimum Gasteiger partial charge on any atom is -0.396 e. The van der Waals surface area contributed by atoms with Crippen LogP contribution in [-0.2, 0) is 4.79 Å². The molecule has 0 radical (unpaired) electrons. The van der Waals surface area contributed by atoms with Gasteiger partial charge < -0.3 is 5.11 Å². The topological polar surface area (TPSA) is 40.5 Å². The number of aliphatic hydroxyl groups excluding tert-OH is 1. The summed E-state index contributed by atoms with van der Waals surface area (Å²) in [6.45, 7) is 2.43. The van der Waals surface area contributed by atoms with Crippen LogP contribution in [0.4, 0.5) is 0 Å². The van der Waals surface area contributed by atoms with Gasteiger partial charge in [-0.3, -0.25) is 9.69 Å². The lowest BCUT2D eigenvalue weighted by Crippen LogP contribution is -2.36. The largest absolute Gasteiger partial charge is 0.396 e. The van der Waals surface area contributed by atoms with E-state index in [4.69, 9.17) is 5.11 Å². The molecule has 1 heterocycles. The quantitative estimate of drug-likeness (QED) is 0.765. The van der Waals surface area contributed by atoms with Gasteiger partial charge in [0, 0.05) is 31.5 Å². The highest BCUT2D eigenvalue weighted by molar-refractivity contribution is 5.81. The van der Waals surface area contributed by atoms with E-state index in [2.05, 4.69) is 4.90 Å². The lowest BCUT2D eigenvalue weighted by atomic mass is 9.97. The number of carbonyl (C=O) groups is 1. The molecule has 2 rings (SSSR count). The van der Waals surface area contributed by atoms with E-state index < -0.39 is 0 Å². The Balaban J connectivity index is 1.84. The van der Waals surface area contributed by atoms with Crippen molar-refractivity contribution in [2.75, 3.05) is 19.7 Å². The third-order valence-corrected chi connectivity index (χ3v) is 4.58. The van der Waals surface area contributed by atoms with E-state index in [1.54, 1.807) is 0 Å². The number of Topliss-reactive ketones (excluding diaryl/α,β-unsaturated/α-hetero) is 1. The Kier molecular flexibility index (Phi) is 5.64. The van der Waals surface area contributed by atoms with Crippen molar-refractivity contribution in [1.82, 2.24) is 4.90 Å². The second-order valence-corrected chi connectivity index (χ2v) is 5.92. The number of hydrogen-bond acceptors (Lipinski definition) is 3. The zero-order valence-electron chi connectivity index (χ0n) is 11.4. The predicted octanol–water partition coefficient (Wildman–Crippen LogP) is 2.37. The summed E-state index contributed by atoms with van der Waals surface area (Å²) in [5, 5.41) is 8.94. The van der Waals surface area contributed by atoms with Crippen LogP contribution < -0.4 is 0 Å². The number of hydrogen-bond donors (Lipinski definition) is 1. The van der Waals surface area contributed by atoms with Gasteiger partial charge in [-0.1, -0.05) is 12.8 Å². The number of ketones is 1. The molecule has 0 spiro atoms. The second kappa shape index (κ2) is 7.25. The molecular weight excluding hydrogens is 226 g/mol. The Morgan fingerprint density at radius 2 is 2.06 bits per heavy atom. The molecule has 2 unspecified atom stereocenters. The summed E-state index contributed by atoms with van der Waals surface area (Å²) in [5.41, 5.74) is 0. The Hall–Kier alpha value is -0.410. The fraction of sp³-hybridized carbons (Fsp3) is 0.933. The number of likely N-dealkylation sites (tertiary alicyclic amines) is 1. The number of rotatable bonds is 5. The van der Waals surface area contributed by atoms with Crippen molar-refractivity contribution in [3.8, 4) is 0 Å². The molecule has 0 bridgehead atoms. The third kappa shape index (κ3) is 3.79. The van der Waals surface area contributed by atoms with Crippen molar-refractivity contribution in [2.24, 2.45) is 5.92 Å². The van der Waals surface area contributed by atoms with Gasteiger partial charge in [-0.05, 0) is 45.1 Å². The SMILES string of the molecule is O=C1CCCCCC1CN1CCCC1CCCO. The molecule has 2 aliphatic rings. The maximum atomic E-state index is 12.1. The van der Waals surface area contributed by atoms with Crippen molar-refractivity contribution >= 4 is 5.78 Å².